The summed E-state index contributed by atoms with van der Waals surface area (Å²) in [4.78, 5) is 30.4. The van der Waals surface area contributed by atoms with Crippen molar-refractivity contribution in [1.29, 1.82) is 0 Å². The lowest BCUT2D eigenvalue weighted by molar-refractivity contribution is -0.128. The highest BCUT2D eigenvalue weighted by Gasteiger charge is 2.26. The summed E-state index contributed by atoms with van der Waals surface area (Å²) in [5.41, 5.74) is 1.67. The fraction of sp³-hybridized carbons (Fsp3) is 0.185. The highest BCUT2D eigenvalue weighted by atomic mass is 35.5. The van der Waals surface area contributed by atoms with Gasteiger partial charge >= 0.3 is 0 Å². The van der Waals surface area contributed by atoms with Gasteiger partial charge in [-0.25, -0.2) is 0 Å². The SMILES string of the molecule is O=C(NC(C(=O)N1CCCCC1)=C(Sc1ccc(Cl)cc1)c1ccccc1)c1ccccc1. The summed E-state index contributed by atoms with van der Waals surface area (Å²) in [6, 6.07) is 26.1. The van der Waals surface area contributed by atoms with E-state index in [2.05, 4.69) is 5.32 Å². The number of nitrogens with zero attached hydrogens (tertiary/aromatic N) is 1. The molecule has 1 aliphatic rings. The Balaban J connectivity index is 1.80. The van der Waals surface area contributed by atoms with E-state index in [1.54, 1.807) is 12.1 Å². The number of nitrogens with one attached hydrogen (secondary N) is 1. The Morgan fingerprint density at radius 1 is 0.758 bits per heavy atom. The number of amides is 2. The summed E-state index contributed by atoms with van der Waals surface area (Å²) in [7, 11) is 0. The molecule has 0 bridgehead atoms. The Hall–Kier alpha value is -3.02. The van der Waals surface area contributed by atoms with Crippen molar-refractivity contribution in [3.63, 3.8) is 0 Å². The monoisotopic (exact) mass is 476 g/mol. The molecule has 0 spiro atoms. The van der Waals surface area contributed by atoms with Crippen molar-refractivity contribution in [2.75, 3.05) is 13.1 Å². The van der Waals surface area contributed by atoms with E-state index in [0.29, 0.717) is 34.3 Å². The Morgan fingerprint density at radius 3 is 1.94 bits per heavy atom. The zero-order chi connectivity index (χ0) is 23.0. The molecular formula is C27H25ClN2O2S. The molecule has 6 heteroatoms. The largest absolute Gasteiger partial charge is 0.337 e. The summed E-state index contributed by atoms with van der Waals surface area (Å²) in [6.45, 7) is 1.38. The van der Waals surface area contributed by atoms with Crippen LogP contribution in [0.2, 0.25) is 5.02 Å². The van der Waals surface area contributed by atoms with Gasteiger partial charge in [0.2, 0.25) is 0 Å². The molecule has 0 atom stereocenters. The third-order valence-corrected chi connectivity index (χ3v) is 6.83. The molecule has 1 heterocycles. The molecule has 1 aliphatic heterocycles. The number of hydrogen-bond acceptors (Lipinski definition) is 3. The molecule has 3 aromatic rings. The van der Waals surface area contributed by atoms with Crippen molar-refractivity contribution in [3.8, 4) is 0 Å². The summed E-state index contributed by atoms with van der Waals surface area (Å²) in [5, 5.41) is 3.61. The number of halogens is 1. The molecule has 4 rings (SSSR count). The van der Waals surface area contributed by atoms with E-state index in [-0.39, 0.29) is 11.8 Å². The molecule has 1 saturated heterocycles. The van der Waals surface area contributed by atoms with Crippen LogP contribution < -0.4 is 5.32 Å². The first-order valence-electron chi connectivity index (χ1n) is 11.0. The Bertz CT molecular complexity index is 1130. The quantitative estimate of drug-likeness (QED) is 0.338. The minimum Gasteiger partial charge on any atom is -0.337 e. The Morgan fingerprint density at radius 2 is 1.33 bits per heavy atom. The van der Waals surface area contributed by atoms with Gasteiger partial charge in [0, 0.05) is 33.5 Å². The number of hydrogen-bond donors (Lipinski definition) is 1. The minimum atomic E-state index is -0.305. The first-order valence-corrected chi connectivity index (χ1v) is 12.2. The molecule has 2 amide bonds. The van der Waals surface area contributed by atoms with E-state index in [1.807, 2.05) is 77.7 Å². The van der Waals surface area contributed by atoms with Crippen LogP contribution in [0.4, 0.5) is 0 Å². The maximum atomic E-state index is 13.7. The smallest absolute Gasteiger partial charge is 0.271 e. The van der Waals surface area contributed by atoms with Gasteiger partial charge < -0.3 is 10.2 Å². The van der Waals surface area contributed by atoms with Gasteiger partial charge in [-0.3, -0.25) is 9.59 Å². The van der Waals surface area contributed by atoms with Gasteiger partial charge in [-0.2, -0.15) is 0 Å². The summed E-state index contributed by atoms with van der Waals surface area (Å²) >= 11 is 7.52. The second kappa shape index (κ2) is 11.2. The maximum absolute atomic E-state index is 13.7. The molecule has 168 valence electrons. The molecule has 1 fully saturated rings. The average Bonchev–Trinajstić information content (AvgIpc) is 2.88. The summed E-state index contributed by atoms with van der Waals surface area (Å²) in [5.74, 6) is -0.458. The lowest BCUT2D eigenvalue weighted by Gasteiger charge is -2.29. The van der Waals surface area contributed by atoms with Gasteiger partial charge in [0.15, 0.2) is 0 Å². The van der Waals surface area contributed by atoms with Crippen molar-refractivity contribution < 1.29 is 9.59 Å². The molecule has 0 radical (unpaired) electrons. The average molecular weight is 477 g/mol. The number of carbonyl (C=O) groups is 2. The van der Waals surface area contributed by atoms with Crippen LogP contribution in [0, 0.1) is 0 Å². The number of thioether (sulfide) groups is 1. The predicted octanol–water partition coefficient (Wildman–Crippen LogP) is 6.24. The molecule has 3 aromatic carbocycles. The van der Waals surface area contributed by atoms with Gasteiger partial charge in [0.05, 0.1) is 0 Å². The fourth-order valence-electron chi connectivity index (χ4n) is 3.70. The zero-order valence-electron chi connectivity index (χ0n) is 18.2. The lowest BCUT2D eigenvalue weighted by Crippen LogP contribution is -2.41. The van der Waals surface area contributed by atoms with Gasteiger partial charge in [0.1, 0.15) is 5.70 Å². The van der Waals surface area contributed by atoms with Gasteiger partial charge in [-0.05, 0) is 61.2 Å². The third kappa shape index (κ3) is 6.06. The van der Waals surface area contributed by atoms with Crippen LogP contribution in [0.15, 0.2) is 95.5 Å². The van der Waals surface area contributed by atoms with Crippen LogP contribution in [0.25, 0.3) is 4.91 Å². The number of rotatable bonds is 6. The first-order chi connectivity index (χ1) is 16.1. The molecule has 33 heavy (non-hydrogen) atoms. The molecule has 0 aromatic heterocycles. The second-order valence-electron chi connectivity index (χ2n) is 7.80. The van der Waals surface area contributed by atoms with E-state index in [1.165, 1.54) is 11.8 Å². The lowest BCUT2D eigenvalue weighted by atomic mass is 10.1. The van der Waals surface area contributed by atoms with Gasteiger partial charge in [-0.1, -0.05) is 71.9 Å². The highest BCUT2D eigenvalue weighted by Crippen LogP contribution is 2.37. The van der Waals surface area contributed by atoms with Crippen molar-refractivity contribution in [1.82, 2.24) is 10.2 Å². The van der Waals surface area contributed by atoms with Crippen LogP contribution in [0.3, 0.4) is 0 Å². The zero-order valence-corrected chi connectivity index (χ0v) is 19.7. The molecule has 0 saturated carbocycles. The van der Waals surface area contributed by atoms with Crippen LogP contribution in [-0.2, 0) is 4.79 Å². The molecular weight excluding hydrogens is 452 g/mol. The predicted molar refractivity (Wildman–Crippen MR) is 135 cm³/mol. The van der Waals surface area contributed by atoms with Crippen LogP contribution in [0.1, 0.15) is 35.2 Å². The summed E-state index contributed by atoms with van der Waals surface area (Å²) in [6.07, 6.45) is 3.05. The van der Waals surface area contributed by atoms with E-state index in [9.17, 15) is 9.59 Å². The Kier molecular flexibility index (Phi) is 7.87. The number of benzene rings is 3. The minimum absolute atomic E-state index is 0.153. The summed E-state index contributed by atoms with van der Waals surface area (Å²) < 4.78 is 0. The van der Waals surface area contributed by atoms with Crippen molar-refractivity contribution in [2.45, 2.75) is 24.2 Å². The molecule has 1 N–H and O–H groups in total. The van der Waals surface area contributed by atoms with Crippen LogP contribution in [-0.4, -0.2) is 29.8 Å². The molecule has 4 nitrogen and oxygen atoms in total. The van der Waals surface area contributed by atoms with Crippen LogP contribution in [0.5, 0.6) is 0 Å². The van der Waals surface area contributed by atoms with Crippen molar-refractivity contribution >= 4 is 40.1 Å². The maximum Gasteiger partial charge on any atom is 0.271 e. The topological polar surface area (TPSA) is 49.4 Å². The number of piperidine rings is 1. The highest BCUT2D eigenvalue weighted by molar-refractivity contribution is 8.08. The van der Waals surface area contributed by atoms with Crippen LogP contribution >= 0.6 is 23.4 Å². The van der Waals surface area contributed by atoms with E-state index in [0.717, 1.165) is 29.7 Å². The van der Waals surface area contributed by atoms with Gasteiger partial charge in [0.25, 0.3) is 11.8 Å². The number of likely N-dealkylation sites (tertiary alicyclic amines) is 1. The van der Waals surface area contributed by atoms with E-state index in [4.69, 9.17) is 11.6 Å². The van der Waals surface area contributed by atoms with Crippen molar-refractivity contribution in [2.24, 2.45) is 0 Å². The normalized spacial score (nSPS) is 14.4. The molecule has 0 unspecified atom stereocenters. The van der Waals surface area contributed by atoms with Gasteiger partial charge in [-0.15, -0.1) is 0 Å². The van der Waals surface area contributed by atoms with Crippen molar-refractivity contribution in [3.05, 3.63) is 107 Å². The number of carbonyl (C=O) groups excluding carboxylic acids is 2. The third-order valence-electron chi connectivity index (χ3n) is 5.43. The second-order valence-corrected chi connectivity index (χ2v) is 9.32. The Labute approximate surface area is 203 Å². The standard InChI is InChI=1S/C27H25ClN2O2S/c28-22-14-16-23(17-15-22)33-25(20-10-4-1-5-11-20)24(27(32)30-18-8-3-9-19-30)29-26(31)21-12-6-2-7-13-21/h1-2,4-7,10-17H,3,8-9,18-19H2,(H,29,31). The van der Waals surface area contributed by atoms with E-state index < -0.39 is 0 Å². The van der Waals surface area contributed by atoms with E-state index >= 15 is 0 Å². The first kappa shape index (κ1) is 23.1. The molecule has 0 aliphatic carbocycles. The fourth-order valence-corrected chi connectivity index (χ4v) is 4.83.